The molecule has 3 rings (SSSR count). The summed E-state index contributed by atoms with van der Waals surface area (Å²) in [5.74, 6) is -0.124. The van der Waals surface area contributed by atoms with Crippen LogP contribution < -0.4 is 10.9 Å². The van der Waals surface area contributed by atoms with Gasteiger partial charge in [0.2, 0.25) is 5.91 Å². The predicted molar refractivity (Wildman–Crippen MR) is 106 cm³/mol. The molecular formula is C20H26N4O3. The third-order valence-electron chi connectivity index (χ3n) is 4.64. The number of rotatable bonds is 7. The second-order valence-electron chi connectivity index (χ2n) is 6.96. The van der Waals surface area contributed by atoms with Crippen molar-refractivity contribution in [1.29, 1.82) is 0 Å². The molecule has 7 heteroatoms. The van der Waals surface area contributed by atoms with Crippen LogP contribution in [0.3, 0.4) is 0 Å². The lowest BCUT2D eigenvalue weighted by Crippen LogP contribution is -2.33. The average molecular weight is 370 g/mol. The lowest BCUT2D eigenvalue weighted by Gasteiger charge is -2.17. The van der Waals surface area contributed by atoms with E-state index in [-0.39, 0.29) is 17.6 Å². The molecule has 0 radical (unpaired) electrons. The number of hydrogen-bond acceptors (Lipinski definition) is 4. The summed E-state index contributed by atoms with van der Waals surface area (Å²) in [5.41, 5.74) is 1.14. The van der Waals surface area contributed by atoms with Crippen LogP contribution in [0, 0.1) is 0 Å². The van der Waals surface area contributed by atoms with Crippen LogP contribution in [-0.4, -0.2) is 39.5 Å². The number of aryl methyl sites for hydroxylation is 1. The molecular weight excluding hydrogens is 344 g/mol. The Morgan fingerprint density at radius 1 is 1.22 bits per heavy atom. The molecule has 0 fully saturated rings. The highest BCUT2D eigenvalue weighted by atomic mass is 16.5. The van der Waals surface area contributed by atoms with Gasteiger partial charge in [-0.2, -0.15) is 5.10 Å². The van der Waals surface area contributed by atoms with Gasteiger partial charge in [-0.05, 0) is 33.3 Å². The summed E-state index contributed by atoms with van der Waals surface area (Å²) >= 11 is 0. The van der Waals surface area contributed by atoms with Crippen molar-refractivity contribution >= 4 is 27.7 Å². The zero-order valence-electron chi connectivity index (χ0n) is 16.2. The van der Waals surface area contributed by atoms with E-state index in [1.54, 1.807) is 13.2 Å². The van der Waals surface area contributed by atoms with Crippen molar-refractivity contribution in [2.45, 2.75) is 39.3 Å². The lowest BCUT2D eigenvalue weighted by atomic mass is 10.2. The van der Waals surface area contributed by atoms with Crippen LogP contribution in [0.4, 0.5) is 0 Å². The Labute approximate surface area is 157 Å². The van der Waals surface area contributed by atoms with E-state index in [0.29, 0.717) is 18.7 Å². The molecule has 0 bridgehead atoms. The minimum absolute atomic E-state index is 0.124. The summed E-state index contributed by atoms with van der Waals surface area (Å²) in [6.07, 6.45) is 2.61. The number of carbonyl (C=O) groups is 1. The highest BCUT2D eigenvalue weighted by Gasteiger charge is 2.22. The molecule has 0 aliphatic rings. The van der Waals surface area contributed by atoms with Gasteiger partial charge < -0.3 is 14.6 Å². The van der Waals surface area contributed by atoms with Crippen LogP contribution in [0.25, 0.3) is 21.8 Å². The van der Waals surface area contributed by atoms with Crippen molar-refractivity contribution in [2.75, 3.05) is 13.2 Å². The zero-order valence-corrected chi connectivity index (χ0v) is 16.2. The molecule has 0 aliphatic heterocycles. The standard InChI is InChI=1S/C20H26N4O3/c1-13(2)27-11-7-10-21-19(25)14(3)24-17-9-6-5-8-15(17)16-12-22-23(4)20(26)18(16)24/h5-6,8-9,12-14H,7,10-11H2,1-4H3,(H,21,25)/t14-/m1/s1. The first-order valence-corrected chi connectivity index (χ1v) is 9.26. The minimum Gasteiger partial charge on any atom is -0.379 e. The Morgan fingerprint density at radius 2 is 1.96 bits per heavy atom. The van der Waals surface area contributed by atoms with Gasteiger partial charge in [-0.25, -0.2) is 4.68 Å². The fourth-order valence-electron chi connectivity index (χ4n) is 3.26. The first kappa shape index (κ1) is 19.1. The molecule has 7 nitrogen and oxygen atoms in total. The number of ether oxygens (including phenoxy) is 1. The second kappa shape index (κ2) is 7.92. The van der Waals surface area contributed by atoms with Gasteiger partial charge in [0.15, 0.2) is 0 Å². The maximum absolute atomic E-state index is 12.7. The number of benzene rings is 1. The van der Waals surface area contributed by atoms with Crippen molar-refractivity contribution < 1.29 is 9.53 Å². The highest BCUT2D eigenvalue weighted by Crippen LogP contribution is 2.29. The molecule has 27 heavy (non-hydrogen) atoms. The molecule has 3 aromatic rings. The molecule has 0 unspecified atom stereocenters. The van der Waals surface area contributed by atoms with E-state index in [2.05, 4.69) is 10.4 Å². The molecule has 0 saturated heterocycles. The first-order valence-electron chi connectivity index (χ1n) is 9.26. The normalized spacial score (nSPS) is 12.8. The Morgan fingerprint density at radius 3 is 2.70 bits per heavy atom. The van der Waals surface area contributed by atoms with Gasteiger partial charge in [0.05, 0.1) is 17.8 Å². The number of nitrogens with zero attached hydrogens (tertiary/aromatic N) is 3. The molecule has 1 N–H and O–H groups in total. The van der Waals surface area contributed by atoms with Gasteiger partial charge in [-0.1, -0.05) is 18.2 Å². The van der Waals surface area contributed by atoms with Gasteiger partial charge in [-0.3, -0.25) is 9.59 Å². The summed E-state index contributed by atoms with van der Waals surface area (Å²) in [4.78, 5) is 25.5. The van der Waals surface area contributed by atoms with E-state index >= 15 is 0 Å². The zero-order chi connectivity index (χ0) is 19.6. The maximum atomic E-state index is 12.7. The number of carbonyl (C=O) groups excluding carboxylic acids is 1. The largest absolute Gasteiger partial charge is 0.379 e. The third kappa shape index (κ3) is 3.73. The Balaban J connectivity index is 1.91. The molecule has 1 aromatic carbocycles. The lowest BCUT2D eigenvalue weighted by molar-refractivity contribution is -0.123. The van der Waals surface area contributed by atoms with Crippen molar-refractivity contribution in [3.8, 4) is 0 Å². The van der Waals surface area contributed by atoms with Crippen molar-refractivity contribution in [2.24, 2.45) is 7.05 Å². The van der Waals surface area contributed by atoms with Crippen LogP contribution in [0.2, 0.25) is 0 Å². The van der Waals surface area contributed by atoms with Gasteiger partial charge in [0.1, 0.15) is 11.6 Å². The first-order chi connectivity index (χ1) is 12.9. The fourth-order valence-corrected chi connectivity index (χ4v) is 3.26. The molecule has 0 saturated carbocycles. The number of aromatic nitrogens is 3. The minimum atomic E-state index is -0.520. The summed E-state index contributed by atoms with van der Waals surface area (Å²) in [7, 11) is 1.61. The number of nitrogens with one attached hydrogen (secondary N) is 1. The maximum Gasteiger partial charge on any atom is 0.291 e. The molecule has 0 spiro atoms. The van der Waals surface area contributed by atoms with E-state index in [1.807, 2.05) is 49.6 Å². The summed E-state index contributed by atoms with van der Waals surface area (Å²) < 4.78 is 8.60. The van der Waals surface area contributed by atoms with Crippen molar-refractivity contribution in [1.82, 2.24) is 19.7 Å². The van der Waals surface area contributed by atoms with Gasteiger partial charge in [0, 0.05) is 31.0 Å². The quantitative estimate of drug-likeness (QED) is 0.648. The second-order valence-corrected chi connectivity index (χ2v) is 6.96. The van der Waals surface area contributed by atoms with Crippen molar-refractivity contribution in [3.05, 3.63) is 40.8 Å². The van der Waals surface area contributed by atoms with E-state index in [0.717, 1.165) is 22.7 Å². The number of hydrogen-bond donors (Lipinski definition) is 1. The SMILES string of the molecule is CC(C)OCCCNC(=O)[C@@H](C)n1c2ccccc2c2cnn(C)c(=O)c21. The van der Waals surface area contributed by atoms with E-state index < -0.39 is 6.04 Å². The monoisotopic (exact) mass is 370 g/mol. The van der Waals surface area contributed by atoms with Gasteiger partial charge in [-0.15, -0.1) is 0 Å². The van der Waals surface area contributed by atoms with Gasteiger partial charge >= 0.3 is 0 Å². The van der Waals surface area contributed by atoms with Crippen molar-refractivity contribution in [3.63, 3.8) is 0 Å². The van der Waals surface area contributed by atoms with E-state index in [4.69, 9.17) is 4.74 Å². The molecule has 144 valence electrons. The smallest absolute Gasteiger partial charge is 0.291 e. The van der Waals surface area contributed by atoms with Crippen LogP contribution in [-0.2, 0) is 16.6 Å². The Bertz CT molecular complexity index is 1020. The number of amides is 1. The molecule has 2 aromatic heterocycles. The predicted octanol–water partition coefficient (Wildman–Crippen LogP) is 2.38. The third-order valence-corrected chi connectivity index (χ3v) is 4.64. The van der Waals surface area contributed by atoms with Gasteiger partial charge in [0.25, 0.3) is 5.56 Å². The van der Waals surface area contributed by atoms with Crippen LogP contribution in [0.5, 0.6) is 0 Å². The van der Waals surface area contributed by atoms with Crippen LogP contribution in [0.15, 0.2) is 35.3 Å². The average Bonchev–Trinajstić information content (AvgIpc) is 2.98. The van der Waals surface area contributed by atoms with Crippen LogP contribution >= 0.6 is 0 Å². The topological polar surface area (TPSA) is 78.2 Å². The Hall–Kier alpha value is -2.67. The highest BCUT2D eigenvalue weighted by molar-refractivity contribution is 6.08. The summed E-state index contributed by atoms with van der Waals surface area (Å²) in [6.45, 7) is 6.92. The Kier molecular flexibility index (Phi) is 5.60. The molecule has 2 heterocycles. The van der Waals surface area contributed by atoms with E-state index in [9.17, 15) is 9.59 Å². The summed E-state index contributed by atoms with van der Waals surface area (Å²) in [6, 6.07) is 7.18. The summed E-state index contributed by atoms with van der Waals surface area (Å²) in [5, 5.41) is 8.76. The molecule has 1 atom stereocenters. The fraction of sp³-hybridized carbons (Fsp3) is 0.450. The van der Waals surface area contributed by atoms with E-state index in [1.165, 1.54) is 4.68 Å². The van der Waals surface area contributed by atoms with Crippen LogP contribution in [0.1, 0.15) is 33.2 Å². The number of para-hydroxylation sites is 1. The number of fused-ring (bicyclic) bond motifs is 3. The molecule has 0 aliphatic carbocycles. The molecule has 1 amide bonds.